The van der Waals surface area contributed by atoms with Crippen LogP contribution in [0.4, 0.5) is 0 Å². The number of hydrogen-bond acceptors (Lipinski definition) is 1. The minimum atomic E-state index is -0.198. The summed E-state index contributed by atoms with van der Waals surface area (Å²) in [4.78, 5) is 0. The zero-order valence-electron chi connectivity index (χ0n) is 6.97. The van der Waals surface area contributed by atoms with Gasteiger partial charge in [-0.2, -0.15) is 0 Å². The van der Waals surface area contributed by atoms with E-state index in [0.717, 1.165) is 18.8 Å². The Labute approximate surface area is 67.8 Å². The van der Waals surface area contributed by atoms with Gasteiger partial charge in [0.05, 0.1) is 5.60 Å². The summed E-state index contributed by atoms with van der Waals surface area (Å²) in [6, 6.07) is 0. The van der Waals surface area contributed by atoms with Crippen molar-refractivity contribution in [2.45, 2.75) is 50.5 Å². The van der Waals surface area contributed by atoms with Crippen molar-refractivity contribution in [2.24, 2.45) is 11.3 Å². The standard InChI is InChI=1S/C10H16O/c11-10-4-2-1-3-9(5-6-10)7-8(9)10/h8,11H,1-7H2. The second-order valence-electron chi connectivity index (χ2n) is 4.93. The van der Waals surface area contributed by atoms with Gasteiger partial charge in [-0.25, -0.2) is 0 Å². The van der Waals surface area contributed by atoms with Gasteiger partial charge in [-0.05, 0) is 43.4 Å². The smallest absolute Gasteiger partial charge is 0.0681 e. The topological polar surface area (TPSA) is 20.2 Å². The third kappa shape index (κ3) is 0.658. The van der Waals surface area contributed by atoms with Crippen LogP contribution in [-0.2, 0) is 0 Å². The molecular weight excluding hydrogens is 136 g/mol. The van der Waals surface area contributed by atoms with E-state index in [4.69, 9.17) is 0 Å². The molecule has 3 fully saturated rings. The van der Waals surface area contributed by atoms with Crippen LogP contribution in [0.1, 0.15) is 44.9 Å². The molecule has 0 spiro atoms. The van der Waals surface area contributed by atoms with E-state index in [9.17, 15) is 5.11 Å². The molecule has 3 saturated carbocycles. The normalized spacial score (nSPS) is 60.3. The van der Waals surface area contributed by atoms with Gasteiger partial charge in [0.2, 0.25) is 0 Å². The minimum Gasteiger partial charge on any atom is -0.390 e. The van der Waals surface area contributed by atoms with E-state index in [-0.39, 0.29) is 5.60 Å². The Balaban J connectivity index is 1.97. The maximum atomic E-state index is 10.2. The minimum absolute atomic E-state index is 0.198. The van der Waals surface area contributed by atoms with E-state index < -0.39 is 0 Å². The molecule has 3 atom stereocenters. The Morgan fingerprint density at radius 1 is 1.00 bits per heavy atom. The molecule has 0 aromatic heterocycles. The van der Waals surface area contributed by atoms with Gasteiger partial charge in [0.15, 0.2) is 0 Å². The highest BCUT2D eigenvalue weighted by atomic mass is 16.3. The average Bonchev–Trinajstić information content (AvgIpc) is 2.64. The SMILES string of the molecule is OC12CCCCC3(CC1)CC23. The Morgan fingerprint density at radius 2 is 1.82 bits per heavy atom. The van der Waals surface area contributed by atoms with Crippen LogP contribution in [0.25, 0.3) is 0 Å². The van der Waals surface area contributed by atoms with Crippen LogP contribution in [0.15, 0.2) is 0 Å². The molecule has 1 N–H and O–H groups in total. The van der Waals surface area contributed by atoms with Crippen molar-refractivity contribution in [1.82, 2.24) is 0 Å². The van der Waals surface area contributed by atoms with Gasteiger partial charge < -0.3 is 5.11 Å². The molecule has 2 bridgehead atoms. The fraction of sp³-hybridized carbons (Fsp3) is 1.00. The Bertz CT molecular complexity index is 197. The first-order valence-electron chi connectivity index (χ1n) is 4.98. The molecule has 0 aromatic carbocycles. The molecule has 0 aromatic rings. The summed E-state index contributed by atoms with van der Waals surface area (Å²) in [5.41, 5.74) is 0.460. The van der Waals surface area contributed by atoms with Crippen LogP contribution in [-0.4, -0.2) is 10.7 Å². The third-order valence-electron chi connectivity index (χ3n) is 4.43. The van der Waals surface area contributed by atoms with Crippen LogP contribution in [0.3, 0.4) is 0 Å². The van der Waals surface area contributed by atoms with Gasteiger partial charge in [-0.1, -0.05) is 12.8 Å². The van der Waals surface area contributed by atoms with E-state index >= 15 is 0 Å². The second-order valence-corrected chi connectivity index (χ2v) is 4.93. The molecule has 11 heavy (non-hydrogen) atoms. The van der Waals surface area contributed by atoms with Crippen LogP contribution >= 0.6 is 0 Å². The Hall–Kier alpha value is -0.0400. The van der Waals surface area contributed by atoms with Gasteiger partial charge in [-0.15, -0.1) is 0 Å². The molecule has 3 unspecified atom stereocenters. The third-order valence-corrected chi connectivity index (χ3v) is 4.43. The fourth-order valence-electron chi connectivity index (χ4n) is 3.63. The first-order valence-corrected chi connectivity index (χ1v) is 4.98. The lowest BCUT2D eigenvalue weighted by Gasteiger charge is -2.24. The number of hydrogen-bond donors (Lipinski definition) is 1. The quantitative estimate of drug-likeness (QED) is 0.563. The summed E-state index contributed by atoms with van der Waals surface area (Å²) in [6.45, 7) is 0. The lowest BCUT2D eigenvalue weighted by molar-refractivity contribution is 0.0156. The van der Waals surface area contributed by atoms with Crippen molar-refractivity contribution in [2.75, 3.05) is 0 Å². The van der Waals surface area contributed by atoms with Crippen molar-refractivity contribution in [3.8, 4) is 0 Å². The van der Waals surface area contributed by atoms with Gasteiger partial charge in [0.1, 0.15) is 0 Å². The highest BCUT2D eigenvalue weighted by Crippen LogP contribution is 2.72. The van der Waals surface area contributed by atoms with Gasteiger partial charge in [-0.3, -0.25) is 0 Å². The van der Waals surface area contributed by atoms with E-state index in [1.807, 2.05) is 0 Å². The number of rotatable bonds is 0. The largest absolute Gasteiger partial charge is 0.390 e. The summed E-state index contributed by atoms with van der Waals surface area (Å²) in [7, 11) is 0. The zero-order chi connectivity index (χ0) is 7.53. The lowest BCUT2D eigenvalue weighted by atomic mass is 9.89. The second kappa shape index (κ2) is 1.66. The van der Waals surface area contributed by atoms with Crippen molar-refractivity contribution in [1.29, 1.82) is 0 Å². The van der Waals surface area contributed by atoms with Crippen molar-refractivity contribution in [3.63, 3.8) is 0 Å². The van der Waals surface area contributed by atoms with Crippen LogP contribution < -0.4 is 0 Å². The average molecular weight is 152 g/mol. The lowest BCUT2D eigenvalue weighted by Crippen LogP contribution is -2.27. The maximum absolute atomic E-state index is 10.2. The summed E-state index contributed by atoms with van der Waals surface area (Å²) >= 11 is 0. The molecular formula is C10H16O. The molecule has 0 amide bonds. The molecule has 0 saturated heterocycles. The van der Waals surface area contributed by atoms with Crippen molar-refractivity contribution in [3.05, 3.63) is 0 Å². The molecule has 1 heteroatoms. The van der Waals surface area contributed by atoms with Crippen molar-refractivity contribution < 1.29 is 5.11 Å². The van der Waals surface area contributed by atoms with Crippen LogP contribution in [0, 0.1) is 11.3 Å². The van der Waals surface area contributed by atoms with Crippen LogP contribution in [0.5, 0.6) is 0 Å². The monoisotopic (exact) mass is 152 g/mol. The molecule has 3 rings (SSSR count). The van der Waals surface area contributed by atoms with E-state index in [1.54, 1.807) is 0 Å². The van der Waals surface area contributed by atoms with E-state index in [1.165, 1.54) is 32.1 Å². The fourth-order valence-corrected chi connectivity index (χ4v) is 3.63. The predicted molar refractivity (Wildman–Crippen MR) is 43.2 cm³/mol. The first kappa shape index (κ1) is 6.47. The molecule has 3 aliphatic rings. The Kier molecular flexibility index (Phi) is 0.976. The van der Waals surface area contributed by atoms with Gasteiger partial charge in [0, 0.05) is 0 Å². The number of aliphatic hydroxyl groups is 1. The molecule has 62 valence electrons. The van der Waals surface area contributed by atoms with Crippen LogP contribution in [0.2, 0.25) is 0 Å². The highest BCUT2D eigenvalue weighted by Gasteiger charge is 2.67. The summed E-state index contributed by atoms with van der Waals surface area (Å²) in [6.07, 6.45) is 8.95. The molecule has 0 aliphatic heterocycles. The van der Waals surface area contributed by atoms with E-state index in [0.29, 0.717) is 5.41 Å². The highest BCUT2D eigenvalue weighted by molar-refractivity contribution is 5.18. The first-order chi connectivity index (χ1) is 5.25. The van der Waals surface area contributed by atoms with Gasteiger partial charge in [0.25, 0.3) is 0 Å². The summed E-state index contributed by atoms with van der Waals surface area (Å²) in [5, 5.41) is 10.2. The molecule has 1 nitrogen and oxygen atoms in total. The maximum Gasteiger partial charge on any atom is 0.0681 e. The van der Waals surface area contributed by atoms with E-state index in [2.05, 4.69) is 0 Å². The predicted octanol–water partition coefficient (Wildman–Crippen LogP) is 2.09. The van der Waals surface area contributed by atoms with Crippen molar-refractivity contribution >= 4 is 0 Å². The zero-order valence-corrected chi connectivity index (χ0v) is 6.97. The Morgan fingerprint density at radius 3 is 2.64 bits per heavy atom. The molecule has 3 aliphatic carbocycles. The summed E-state index contributed by atoms with van der Waals surface area (Å²) in [5.74, 6) is 0.720. The summed E-state index contributed by atoms with van der Waals surface area (Å²) < 4.78 is 0. The molecule has 0 heterocycles. The van der Waals surface area contributed by atoms with Gasteiger partial charge >= 0.3 is 0 Å². The molecule has 0 radical (unpaired) electrons.